The number of carbonyl (C=O) groups excluding carboxylic acids is 1. The van der Waals surface area contributed by atoms with Crippen molar-refractivity contribution < 1.29 is 18.9 Å². The monoisotopic (exact) mass is 289 g/mol. The molecule has 4 atom stereocenters. The minimum atomic E-state index is -0.873. The van der Waals surface area contributed by atoms with Gasteiger partial charge in [0, 0.05) is 28.9 Å². The number of aliphatic carboxylic acids is 1. The summed E-state index contributed by atoms with van der Waals surface area (Å²) in [5, 5.41) is 12.0. The third kappa shape index (κ3) is 5.30. The zero-order valence-electron chi connectivity index (χ0n) is 11.6. The summed E-state index contributed by atoms with van der Waals surface area (Å²) in [5.74, 6) is -1.46. The number of hydrogen-bond donors (Lipinski definition) is 2. The van der Waals surface area contributed by atoms with Crippen LogP contribution in [-0.2, 0) is 20.4 Å². The number of carboxylic acid groups (broad SMARTS) is 1. The van der Waals surface area contributed by atoms with E-state index in [1.165, 1.54) is 0 Å². The van der Waals surface area contributed by atoms with E-state index in [9.17, 15) is 13.8 Å². The second-order valence-corrected chi connectivity index (χ2v) is 6.87. The lowest BCUT2D eigenvalue weighted by Crippen LogP contribution is -2.43. The molecule has 0 aromatic rings. The molecule has 5 nitrogen and oxygen atoms in total. The highest BCUT2D eigenvalue weighted by Crippen LogP contribution is 2.30. The Balaban J connectivity index is 2.50. The van der Waals surface area contributed by atoms with Gasteiger partial charge in [-0.3, -0.25) is 13.8 Å². The Labute approximate surface area is 116 Å². The average molecular weight is 289 g/mol. The van der Waals surface area contributed by atoms with Crippen LogP contribution >= 0.6 is 0 Å². The normalized spacial score (nSPS) is 26.4. The van der Waals surface area contributed by atoms with Gasteiger partial charge in [0.05, 0.1) is 11.8 Å². The Bertz CT molecular complexity index is 359. The van der Waals surface area contributed by atoms with E-state index in [4.69, 9.17) is 5.11 Å². The molecule has 1 aliphatic rings. The van der Waals surface area contributed by atoms with Crippen LogP contribution in [-0.4, -0.2) is 39.2 Å². The fourth-order valence-electron chi connectivity index (χ4n) is 2.51. The van der Waals surface area contributed by atoms with Crippen molar-refractivity contribution in [1.82, 2.24) is 5.32 Å². The summed E-state index contributed by atoms with van der Waals surface area (Å²) in [4.78, 5) is 23.3. The van der Waals surface area contributed by atoms with E-state index in [0.717, 1.165) is 12.8 Å². The summed E-state index contributed by atoms with van der Waals surface area (Å²) in [6.07, 6.45) is 5.31. The molecule has 6 heteroatoms. The van der Waals surface area contributed by atoms with Gasteiger partial charge in [-0.15, -0.1) is 0 Å². The maximum atomic E-state index is 12.1. The second kappa shape index (κ2) is 7.62. The minimum Gasteiger partial charge on any atom is -0.481 e. The number of carboxylic acids is 1. The van der Waals surface area contributed by atoms with Gasteiger partial charge in [0.25, 0.3) is 0 Å². The number of hydrogen-bond acceptors (Lipinski definition) is 3. The molecule has 1 aliphatic carbocycles. The minimum absolute atomic E-state index is 0.0622. The molecule has 1 amide bonds. The van der Waals surface area contributed by atoms with E-state index in [1.54, 1.807) is 6.26 Å². The molecular weight excluding hydrogens is 266 g/mol. The van der Waals surface area contributed by atoms with Crippen molar-refractivity contribution in [2.24, 2.45) is 11.8 Å². The number of rotatable bonds is 6. The quantitative estimate of drug-likeness (QED) is 0.768. The third-order valence-corrected chi connectivity index (χ3v) is 4.46. The largest absolute Gasteiger partial charge is 0.481 e. The van der Waals surface area contributed by atoms with E-state index in [1.807, 2.05) is 6.92 Å². The molecule has 0 aliphatic heterocycles. The molecule has 19 heavy (non-hydrogen) atoms. The van der Waals surface area contributed by atoms with Gasteiger partial charge in [0.2, 0.25) is 5.91 Å². The van der Waals surface area contributed by atoms with Crippen LogP contribution in [0.1, 0.15) is 39.0 Å². The van der Waals surface area contributed by atoms with Gasteiger partial charge in [-0.1, -0.05) is 12.8 Å². The number of amides is 1. The van der Waals surface area contributed by atoms with E-state index >= 15 is 0 Å². The van der Waals surface area contributed by atoms with Crippen LogP contribution in [0.2, 0.25) is 0 Å². The lowest BCUT2D eigenvalue weighted by atomic mass is 9.78. The highest BCUT2D eigenvalue weighted by atomic mass is 32.2. The number of carbonyl (C=O) groups is 2. The molecule has 4 unspecified atom stereocenters. The summed E-state index contributed by atoms with van der Waals surface area (Å²) >= 11 is 0. The molecule has 1 fully saturated rings. The standard InChI is InChI=1S/C13H23NO4S/c1-9(7-8-19(2)18)14-12(15)10-5-3-4-6-11(10)13(16)17/h9-11H,3-8H2,1-2H3,(H,14,15)(H,16,17). The van der Waals surface area contributed by atoms with Gasteiger partial charge in [0.15, 0.2) is 0 Å². The van der Waals surface area contributed by atoms with Crippen molar-refractivity contribution in [3.63, 3.8) is 0 Å². The predicted octanol–water partition coefficient (Wildman–Crippen LogP) is 1.15. The average Bonchev–Trinajstić information content (AvgIpc) is 2.36. The lowest BCUT2D eigenvalue weighted by molar-refractivity contribution is -0.149. The molecule has 0 saturated heterocycles. The lowest BCUT2D eigenvalue weighted by Gasteiger charge is -2.28. The van der Waals surface area contributed by atoms with E-state index in [-0.39, 0.29) is 11.9 Å². The molecular formula is C13H23NO4S. The van der Waals surface area contributed by atoms with Crippen molar-refractivity contribution >= 4 is 22.7 Å². The Hall–Kier alpha value is -0.910. The maximum absolute atomic E-state index is 12.1. The summed E-state index contributed by atoms with van der Waals surface area (Å²) in [6.45, 7) is 1.86. The van der Waals surface area contributed by atoms with E-state index in [0.29, 0.717) is 25.0 Å². The molecule has 0 radical (unpaired) electrons. The molecule has 1 saturated carbocycles. The summed E-state index contributed by atoms with van der Waals surface area (Å²) in [6, 6.07) is -0.0622. The fourth-order valence-corrected chi connectivity index (χ4v) is 3.19. The highest BCUT2D eigenvalue weighted by molar-refractivity contribution is 7.84. The molecule has 0 aromatic carbocycles. The van der Waals surface area contributed by atoms with Crippen LogP contribution in [0, 0.1) is 11.8 Å². The highest BCUT2D eigenvalue weighted by Gasteiger charge is 2.35. The van der Waals surface area contributed by atoms with Gasteiger partial charge in [-0.25, -0.2) is 0 Å². The van der Waals surface area contributed by atoms with Crippen LogP contribution in [0.15, 0.2) is 0 Å². The summed E-state index contributed by atoms with van der Waals surface area (Å²) in [7, 11) is -0.865. The van der Waals surface area contributed by atoms with Crippen molar-refractivity contribution in [2.45, 2.75) is 45.1 Å². The Morgan fingerprint density at radius 3 is 2.42 bits per heavy atom. The van der Waals surface area contributed by atoms with E-state index < -0.39 is 28.6 Å². The molecule has 0 spiro atoms. The van der Waals surface area contributed by atoms with Crippen LogP contribution < -0.4 is 5.32 Å². The van der Waals surface area contributed by atoms with Crippen molar-refractivity contribution in [1.29, 1.82) is 0 Å². The second-order valence-electron chi connectivity index (χ2n) is 5.31. The Kier molecular flexibility index (Phi) is 6.48. The topological polar surface area (TPSA) is 83.5 Å². The van der Waals surface area contributed by atoms with Gasteiger partial charge >= 0.3 is 5.97 Å². The van der Waals surface area contributed by atoms with Crippen molar-refractivity contribution in [3.05, 3.63) is 0 Å². The maximum Gasteiger partial charge on any atom is 0.307 e. The van der Waals surface area contributed by atoms with Gasteiger partial charge in [-0.05, 0) is 26.2 Å². The first kappa shape index (κ1) is 16.1. The molecule has 0 aromatic heterocycles. The molecule has 1 rings (SSSR count). The summed E-state index contributed by atoms with van der Waals surface area (Å²) < 4.78 is 11.0. The third-order valence-electron chi connectivity index (χ3n) is 3.65. The Morgan fingerprint density at radius 2 is 1.89 bits per heavy atom. The van der Waals surface area contributed by atoms with Gasteiger partial charge in [0.1, 0.15) is 0 Å². The van der Waals surface area contributed by atoms with E-state index in [2.05, 4.69) is 5.32 Å². The number of nitrogens with one attached hydrogen (secondary N) is 1. The van der Waals surface area contributed by atoms with Crippen LogP contribution in [0.25, 0.3) is 0 Å². The van der Waals surface area contributed by atoms with Crippen molar-refractivity contribution in [3.8, 4) is 0 Å². The Morgan fingerprint density at radius 1 is 1.32 bits per heavy atom. The van der Waals surface area contributed by atoms with Crippen molar-refractivity contribution in [2.75, 3.05) is 12.0 Å². The smallest absolute Gasteiger partial charge is 0.307 e. The first-order valence-electron chi connectivity index (χ1n) is 6.75. The SMILES string of the molecule is CC(CCS(C)=O)NC(=O)C1CCCCC1C(=O)O. The van der Waals surface area contributed by atoms with Gasteiger partial charge in [-0.2, -0.15) is 0 Å². The molecule has 0 bridgehead atoms. The van der Waals surface area contributed by atoms with Crippen LogP contribution in [0.4, 0.5) is 0 Å². The predicted molar refractivity (Wildman–Crippen MR) is 74.2 cm³/mol. The fraction of sp³-hybridized carbons (Fsp3) is 0.846. The zero-order valence-corrected chi connectivity index (χ0v) is 12.4. The van der Waals surface area contributed by atoms with Crippen LogP contribution in [0.5, 0.6) is 0 Å². The summed E-state index contributed by atoms with van der Waals surface area (Å²) in [5.41, 5.74) is 0. The molecule has 110 valence electrons. The first-order valence-corrected chi connectivity index (χ1v) is 8.47. The first-order chi connectivity index (χ1) is 8.91. The van der Waals surface area contributed by atoms with Crippen LogP contribution in [0.3, 0.4) is 0 Å². The molecule has 2 N–H and O–H groups in total. The van der Waals surface area contributed by atoms with Gasteiger partial charge < -0.3 is 10.4 Å². The molecule has 0 heterocycles. The zero-order chi connectivity index (χ0) is 14.4.